The summed E-state index contributed by atoms with van der Waals surface area (Å²) < 4.78 is 77.8. The summed E-state index contributed by atoms with van der Waals surface area (Å²) in [6.07, 6.45) is -10.1. The van der Waals surface area contributed by atoms with Gasteiger partial charge in [0.15, 0.2) is 5.16 Å². The molecular formula is C19H13F6N3O2S. The van der Waals surface area contributed by atoms with Gasteiger partial charge >= 0.3 is 12.4 Å². The SMILES string of the molecule is C[C@H](Sc1nc2ccccc2c(=O)[nH]1)C(=O)Nc1cc(C(F)(F)F)cc(C(F)(F)F)c1. The second-order valence-electron chi connectivity index (χ2n) is 6.43. The first-order valence-corrected chi connectivity index (χ1v) is 9.48. The first kappa shape index (κ1) is 22.7. The van der Waals surface area contributed by atoms with E-state index in [1.807, 2.05) is 0 Å². The fraction of sp³-hybridized carbons (Fsp3) is 0.211. The molecule has 1 amide bonds. The second-order valence-corrected chi connectivity index (χ2v) is 7.76. The number of hydrogen-bond donors (Lipinski definition) is 2. The number of aromatic nitrogens is 2. The zero-order valence-corrected chi connectivity index (χ0v) is 16.4. The molecule has 0 aliphatic carbocycles. The number of alkyl halides is 6. The van der Waals surface area contributed by atoms with Crippen LogP contribution < -0.4 is 10.9 Å². The van der Waals surface area contributed by atoms with E-state index in [1.165, 1.54) is 6.92 Å². The number of carbonyl (C=O) groups is 1. The van der Waals surface area contributed by atoms with Crippen LogP contribution >= 0.6 is 11.8 Å². The lowest BCUT2D eigenvalue weighted by Crippen LogP contribution is -2.24. The van der Waals surface area contributed by atoms with Crippen LogP contribution in [0.15, 0.2) is 52.4 Å². The molecule has 2 N–H and O–H groups in total. The van der Waals surface area contributed by atoms with Crippen molar-refractivity contribution in [2.75, 3.05) is 5.32 Å². The fourth-order valence-corrected chi connectivity index (χ4v) is 3.42. The number of para-hydroxylation sites is 1. The van der Waals surface area contributed by atoms with Crippen molar-refractivity contribution in [1.29, 1.82) is 0 Å². The summed E-state index contributed by atoms with van der Waals surface area (Å²) in [6.45, 7) is 1.37. The maximum atomic E-state index is 13.0. The zero-order chi connectivity index (χ0) is 23.0. The highest BCUT2D eigenvalue weighted by molar-refractivity contribution is 8.00. The van der Waals surface area contributed by atoms with E-state index < -0.39 is 45.9 Å². The Morgan fingerprint density at radius 1 is 1.03 bits per heavy atom. The summed E-state index contributed by atoms with van der Waals surface area (Å²) in [7, 11) is 0. The molecule has 0 fully saturated rings. The Morgan fingerprint density at radius 3 is 2.19 bits per heavy atom. The van der Waals surface area contributed by atoms with Crippen molar-refractivity contribution in [2.45, 2.75) is 29.7 Å². The summed E-state index contributed by atoms with van der Waals surface area (Å²) in [5.41, 5.74) is -3.82. The van der Waals surface area contributed by atoms with Crippen LogP contribution in [0, 0.1) is 0 Å². The number of nitrogens with zero attached hydrogens (tertiary/aromatic N) is 1. The molecule has 2 aromatic carbocycles. The summed E-state index contributed by atoms with van der Waals surface area (Å²) >= 11 is 0.796. The number of hydrogen-bond acceptors (Lipinski definition) is 4. The Morgan fingerprint density at radius 2 is 1.61 bits per heavy atom. The largest absolute Gasteiger partial charge is 0.416 e. The normalized spacial score (nSPS) is 13.3. The minimum Gasteiger partial charge on any atom is -0.325 e. The van der Waals surface area contributed by atoms with Gasteiger partial charge in [-0.1, -0.05) is 23.9 Å². The summed E-state index contributed by atoms with van der Waals surface area (Å²) in [5, 5.41) is 1.47. The van der Waals surface area contributed by atoms with Gasteiger partial charge in [0, 0.05) is 5.69 Å². The molecule has 0 saturated carbocycles. The lowest BCUT2D eigenvalue weighted by atomic mass is 10.1. The Labute approximate surface area is 174 Å². The van der Waals surface area contributed by atoms with Gasteiger partial charge in [-0.25, -0.2) is 4.98 Å². The molecule has 3 rings (SSSR count). The number of nitrogens with one attached hydrogen (secondary N) is 2. The van der Waals surface area contributed by atoms with Crippen molar-refractivity contribution >= 4 is 34.3 Å². The molecule has 0 spiro atoms. The average molecular weight is 461 g/mol. The standard InChI is InChI=1S/C19H13F6N3O2S/c1-9(31-17-27-14-5-3-2-4-13(14)16(30)28-17)15(29)26-12-7-10(18(20,21)22)6-11(8-12)19(23,24)25/h2-9H,1H3,(H,26,29)(H,27,28,30)/t9-/m0/s1. The highest BCUT2D eigenvalue weighted by Crippen LogP contribution is 2.37. The number of benzene rings is 2. The third kappa shape index (κ3) is 5.37. The molecule has 12 heteroatoms. The van der Waals surface area contributed by atoms with Gasteiger partial charge in [0.25, 0.3) is 5.56 Å². The Balaban J connectivity index is 1.83. The van der Waals surface area contributed by atoms with Crippen LogP contribution in [0.25, 0.3) is 10.9 Å². The molecule has 1 aromatic heterocycles. The number of rotatable bonds is 4. The minimum absolute atomic E-state index is 0.0302. The molecular weight excluding hydrogens is 448 g/mol. The van der Waals surface area contributed by atoms with E-state index in [1.54, 1.807) is 24.3 Å². The molecule has 3 aromatic rings. The van der Waals surface area contributed by atoms with Crippen LogP contribution in [0.5, 0.6) is 0 Å². The molecule has 0 aliphatic heterocycles. The van der Waals surface area contributed by atoms with Crippen molar-refractivity contribution in [3.8, 4) is 0 Å². The lowest BCUT2D eigenvalue weighted by Gasteiger charge is -2.16. The van der Waals surface area contributed by atoms with Crippen molar-refractivity contribution in [1.82, 2.24) is 9.97 Å². The smallest absolute Gasteiger partial charge is 0.325 e. The van der Waals surface area contributed by atoms with E-state index in [0.717, 1.165) is 11.8 Å². The van der Waals surface area contributed by atoms with E-state index in [9.17, 15) is 35.9 Å². The molecule has 0 aliphatic rings. The van der Waals surface area contributed by atoms with E-state index in [2.05, 4.69) is 15.3 Å². The number of carbonyl (C=O) groups excluding carboxylic acids is 1. The number of fused-ring (bicyclic) bond motifs is 1. The highest BCUT2D eigenvalue weighted by Gasteiger charge is 2.37. The fourth-order valence-electron chi connectivity index (χ4n) is 2.61. The second kappa shape index (κ2) is 8.25. The maximum Gasteiger partial charge on any atom is 0.416 e. The van der Waals surface area contributed by atoms with Gasteiger partial charge in [-0.15, -0.1) is 0 Å². The van der Waals surface area contributed by atoms with Crippen molar-refractivity contribution in [2.24, 2.45) is 0 Å². The number of aromatic amines is 1. The maximum absolute atomic E-state index is 13.0. The average Bonchev–Trinajstić information content (AvgIpc) is 2.66. The predicted molar refractivity (Wildman–Crippen MR) is 103 cm³/mol. The first-order valence-electron chi connectivity index (χ1n) is 8.60. The monoisotopic (exact) mass is 461 g/mol. The van der Waals surface area contributed by atoms with Gasteiger partial charge in [-0.05, 0) is 37.3 Å². The third-order valence-corrected chi connectivity index (χ3v) is 5.09. The van der Waals surface area contributed by atoms with Gasteiger partial charge in [0.1, 0.15) is 0 Å². The predicted octanol–water partition coefficient (Wildman–Crippen LogP) is 5.08. The molecule has 0 radical (unpaired) electrons. The highest BCUT2D eigenvalue weighted by atomic mass is 32.2. The minimum atomic E-state index is -5.03. The van der Waals surface area contributed by atoms with Crippen LogP contribution in [-0.2, 0) is 17.1 Å². The Hall–Kier alpha value is -3.02. The number of amides is 1. The molecule has 0 unspecified atom stereocenters. The van der Waals surface area contributed by atoms with Gasteiger partial charge in [0.2, 0.25) is 5.91 Å². The van der Waals surface area contributed by atoms with Crippen molar-refractivity contribution in [3.63, 3.8) is 0 Å². The van der Waals surface area contributed by atoms with Gasteiger partial charge in [-0.3, -0.25) is 9.59 Å². The number of H-pyrrole nitrogens is 1. The Bertz CT molecular complexity index is 1160. The van der Waals surface area contributed by atoms with Crippen LogP contribution in [0.2, 0.25) is 0 Å². The van der Waals surface area contributed by atoms with Crippen LogP contribution in [-0.4, -0.2) is 21.1 Å². The van der Waals surface area contributed by atoms with Crippen molar-refractivity contribution in [3.05, 3.63) is 63.9 Å². The molecule has 1 heterocycles. The number of anilines is 1. The first-order chi connectivity index (χ1) is 14.3. The summed E-state index contributed by atoms with van der Waals surface area (Å²) in [4.78, 5) is 31.1. The van der Waals surface area contributed by atoms with E-state index in [4.69, 9.17) is 0 Å². The third-order valence-electron chi connectivity index (χ3n) is 4.10. The Kier molecular flexibility index (Phi) is 6.03. The lowest BCUT2D eigenvalue weighted by molar-refractivity contribution is -0.143. The molecule has 0 bridgehead atoms. The van der Waals surface area contributed by atoms with Crippen LogP contribution in [0.1, 0.15) is 18.1 Å². The van der Waals surface area contributed by atoms with Gasteiger partial charge in [0.05, 0.1) is 27.3 Å². The summed E-state index contributed by atoms with van der Waals surface area (Å²) in [5.74, 6) is -0.867. The molecule has 31 heavy (non-hydrogen) atoms. The zero-order valence-electron chi connectivity index (χ0n) is 15.6. The van der Waals surface area contributed by atoms with E-state index in [0.29, 0.717) is 23.0 Å². The summed E-state index contributed by atoms with van der Waals surface area (Å²) in [6, 6.07) is 7.24. The molecule has 164 valence electrons. The van der Waals surface area contributed by atoms with Gasteiger partial charge < -0.3 is 10.3 Å². The van der Waals surface area contributed by atoms with E-state index >= 15 is 0 Å². The topological polar surface area (TPSA) is 74.8 Å². The van der Waals surface area contributed by atoms with E-state index in [-0.39, 0.29) is 11.2 Å². The quantitative estimate of drug-likeness (QED) is 0.323. The van der Waals surface area contributed by atoms with Crippen LogP contribution in [0.3, 0.4) is 0 Å². The van der Waals surface area contributed by atoms with Gasteiger partial charge in [-0.2, -0.15) is 26.3 Å². The molecule has 1 atom stereocenters. The number of halogens is 6. The van der Waals surface area contributed by atoms with Crippen molar-refractivity contribution < 1.29 is 31.1 Å². The number of thioether (sulfide) groups is 1. The van der Waals surface area contributed by atoms with Crippen LogP contribution in [0.4, 0.5) is 32.0 Å². The molecule has 5 nitrogen and oxygen atoms in total. The molecule has 0 saturated heterocycles.